The van der Waals surface area contributed by atoms with E-state index in [2.05, 4.69) is 41.8 Å². The number of H-pyrrole nitrogens is 2. The van der Waals surface area contributed by atoms with Crippen molar-refractivity contribution in [2.75, 3.05) is 0 Å². The number of nitrogens with one attached hydrogen (secondary N) is 2. The van der Waals surface area contributed by atoms with Gasteiger partial charge in [-0.1, -0.05) is 55.6 Å². The number of hydrogen-bond acceptors (Lipinski definition) is 1. The number of benzene rings is 2. The first kappa shape index (κ1) is 14.9. The van der Waals surface area contributed by atoms with E-state index < -0.39 is 0 Å². The van der Waals surface area contributed by atoms with Crippen LogP contribution in [0.25, 0.3) is 11.0 Å². The van der Waals surface area contributed by atoms with Gasteiger partial charge in [-0.2, -0.15) is 0 Å². The van der Waals surface area contributed by atoms with Crippen LogP contribution in [-0.4, -0.2) is 9.97 Å². The number of halogens is 3. The Bertz CT molecular complexity index is 885. The number of imidazole rings is 1. The third-order valence-electron chi connectivity index (χ3n) is 3.34. The molecule has 21 heavy (non-hydrogen) atoms. The molecule has 108 valence electrons. The van der Waals surface area contributed by atoms with Crippen molar-refractivity contribution in [3.05, 3.63) is 67.0 Å². The van der Waals surface area contributed by atoms with Crippen LogP contribution in [0.3, 0.4) is 0 Å². The van der Waals surface area contributed by atoms with E-state index in [0.717, 1.165) is 32.2 Å². The molecule has 0 spiro atoms. The molecule has 0 fully saturated rings. The van der Waals surface area contributed by atoms with Crippen LogP contribution in [0.4, 0.5) is 0 Å². The average molecular weight is 431 g/mol. The number of aromatic nitrogens is 2. The predicted molar refractivity (Wildman–Crippen MR) is 93.6 cm³/mol. The van der Waals surface area contributed by atoms with Crippen LogP contribution in [0.5, 0.6) is 0 Å². The molecule has 2 aromatic carbocycles. The van der Waals surface area contributed by atoms with Crippen molar-refractivity contribution in [3.63, 3.8) is 0 Å². The van der Waals surface area contributed by atoms with Gasteiger partial charge in [0.2, 0.25) is 0 Å². The highest BCUT2D eigenvalue weighted by Gasteiger charge is 2.18. The molecular formula is C15H11Br2ClN2O. The maximum absolute atomic E-state index is 11.4. The Morgan fingerprint density at radius 1 is 1.10 bits per heavy atom. The Labute approximate surface area is 143 Å². The summed E-state index contributed by atoms with van der Waals surface area (Å²) in [6.45, 7) is 2.01. The molecule has 1 atom stereocenters. The Morgan fingerprint density at radius 2 is 1.76 bits per heavy atom. The molecule has 0 aliphatic carbocycles. The maximum atomic E-state index is 11.4. The second kappa shape index (κ2) is 5.63. The standard InChI is InChI=1S/C15H11Br2ClN2O/c1-7-2-3-8(11(18)4-7)14(17)9-5-12-13(6-10(9)16)20-15(21)19-12/h2-6,14H,1H3,(H2,19,20,21). The fourth-order valence-corrected chi connectivity index (χ4v) is 4.41. The lowest BCUT2D eigenvalue weighted by Crippen LogP contribution is -1.99. The fraction of sp³-hybridized carbons (Fsp3) is 0.133. The van der Waals surface area contributed by atoms with Crippen LogP contribution in [0.1, 0.15) is 21.5 Å². The van der Waals surface area contributed by atoms with Gasteiger partial charge in [-0.3, -0.25) is 0 Å². The highest BCUT2D eigenvalue weighted by molar-refractivity contribution is 9.11. The van der Waals surface area contributed by atoms with Crippen LogP contribution in [-0.2, 0) is 0 Å². The molecule has 0 radical (unpaired) electrons. The van der Waals surface area contributed by atoms with Gasteiger partial charge in [-0.15, -0.1) is 0 Å². The maximum Gasteiger partial charge on any atom is 0.323 e. The zero-order valence-corrected chi connectivity index (χ0v) is 14.9. The summed E-state index contributed by atoms with van der Waals surface area (Å²) < 4.78 is 0.906. The SMILES string of the molecule is Cc1ccc(C(Br)c2cc3[nH]c(=O)[nH]c3cc2Br)c(Cl)c1. The largest absolute Gasteiger partial charge is 0.323 e. The normalized spacial score (nSPS) is 12.8. The lowest BCUT2D eigenvalue weighted by molar-refractivity contribution is 1.16. The van der Waals surface area contributed by atoms with Gasteiger partial charge in [0.05, 0.1) is 15.9 Å². The molecule has 0 bridgehead atoms. The number of aryl methyl sites for hydroxylation is 1. The monoisotopic (exact) mass is 428 g/mol. The van der Waals surface area contributed by atoms with Crippen LogP contribution in [0, 0.1) is 6.92 Å². The first-order valence-corrected chi connectivity index (χ1v) is 8.36. The lowest BCUT2D eigenvalue weighted by atomic mass is 10.0. The van der Waals surface area contributed by atoms with Gasteiger partial charge >= 0.3 is 5.69 Å². The van der Waals surface area contributed by atoms with Crippen molar-refractivity contribution in [3.8, 4) is 0 Å². The number of hydrogen-bond donors (Lipinski definition) is 2. The molecule has 1 aromatic heterocycles. The molecule has 3 nitrogen and oxygen atoms in total. The third-order valence-corrected chi connectivity index (χ3v) is 5.34. The highest BCUT2D eigenvalue weighted by Crippen LogP contribution is 2.39. The third kappa shape index (κ3) is 2.82. The number of rotatable bonds is 2. The topological polar surface area (TPSA) is 48.6 Å². The zero-order chi connectivity index (χ0) is 15.1. The molecule has 0 aliphatic heterocycles. The molecule has 1 heterocycles. The summed E-state index contributed by atoms with van der Waals surface area (Å²) in [5, 5.41) is 0.714. The fourth-order valence-electron chi connectivity index (χ4n) is 2.27. The Balaban J connectivity index is 2.14. The summed E-state index contributed by atoms with van der Waals surface area (Å²) in [6.07, 6.45) is 0. The van der Waals surface area contributed by atoms with E-state index in [4.69, 9.17) is 11.6 Å². The Morgan fingerprint density at radius 3 is 2.43 bits per heavy atom. The second-order valence-electron chi connectivity index (χ2n) is 4.89. The first-order valence-electron chi connectivity index (χ1n) is 6.27. The minimum absolute atomic E-state index is 0.0669. The van der Waals surface area contributed by atoms with Crippen molar-refractivity contribution in [1.29, 1.82) is 0 Å². The summed E-state index contributed by atoms with van der Waals surface area (Å²) in [5.41, 5.74) is 4.43. The van der Waals surface area contributed by atoms with Gasteiger partial charge in [0.1, 0.15) is 0 Å². The quantitative estimate of drug-likeness (QED) is 0.548. The van der Waals surface area contributed by atoms with E-state index in [9.17, 15) is 4.79 Å². The zero-order valence-electron chi connectivity index (χ0n) is 11.0. The highest BCUT2D eigenvalue weighted by atomic mass is 79.9. The molecular weight excluding hydrogens is 419 g/mol. The molecule has 0 amide bonds. The molecule has 2 N–H and O–H groups in total. The van der Waals surface area contributed by atoms with E-state index in [1.54, 1.807) is 0 Å². The first-order chi connectivity index (χ1) is 9.95. The summed E-state index contributed by atoms with van der Waals surface area (Å²) in [4.78, 5) is 16.8. The minimum Gasteiger partial charge on any atom is -0.306 e. The lowest BCUT2D eigenvalue weighted by Gasteiger charge is -2.15. The second-order valence-corrected chi connectivity index (χ2v) is 7.06. The van der Waals surface area contributed by atoms with Gasteiger partial charge in [-0.05, 0) is 41.8 Å². The van der Waals surface area contributed by atoms with Gasteiger partial charge in [-0.25, -0.2) is 4.79 Å². The number of alkyl halides is 1. The van der Waals surface area contributed by atoms with E-state index in [1.807, 2.05) is 37.3 Å². The van der Waals surface area contributed by atoms with Gasteiger partial charge in [0, 0.05) is 9.50 Å². The molecule has 3 aromatic rings. The van der Waals surface area contributed by atoms with Crippen LogP contribution in [0.15, 0.2) is 39.6 Å². The number of aromatic amines is 2. The van der Waals surface area contributed by atoms with E-state index in [1.165, 1.54) is 0 Å². The molecule has 1 unspecified atom stereocenters. The van der Waals surface area contributed by atoms with E-state index in [-0.39, 0.29) is 10.5 Å². The van der Waals surface area contributed by atoms with Crippen molar-refractivity contribution < 1.29 is 0 Å². The summed E-state index contributed by atoms with van der Waals surface area (Å²) in [7, 11) is 0. The van der Waals surface area contributed by atoms with Gasteiger partial charge in [0.25, 0.3) is 0 Å². The smallest absolute Gasteiger partial charge is 0.306 e. The van der Waals surface area contributed by atoms with Crippen molar-refractivity contribution >= 4 is 54.5 Å². The van der Waals surface area contributed by atoms with Gasteiger partial charge in [0.15, 0.2) is 0 Å². The van der Waals surface area contributed by atoms with E-state index in [0.29, 0.717) is 5.02 Å². The van der Waals surface area contributed by atoms with Crippen molar-refractivity contribution in [2.45, 2.75) is 11.8 Å². The predicted octanol–water partition coefficient (Wildman–Crippen LogP) is 5.06. The molecule has 6 heteroatoms. The minimum atomic E-state index is -0.214. The number of fused-ring (bicyclic) bond motifs is 1. The molecule has 3 rings (SSSR count). The van der Waals surface area contributed by atoms with Crippen molar-refractivity contribution in [2.24, 2.45) is 0 Å². The summed E-state index contributed by atoms with van der Waals surface area (Å²) >= 11 is 13.6. The Hall–Kier alpha value is -1.04. The average Bonchev–Trinajstić information content (AvgIpc) is 2.76. The van der Waals surface area contributed by atoms with Crippen LogP contribution < -0.4 is 5.69 Å². The van der Waals surface area contributed by atoms with Crippen LogP contribution in [0.2, 0.25) is 5.02 Å². The van der Waals surface area contributed by atoms with Crippen LogP contribution >= 0.6 is 43.5 Å². The van der Waals surface area contributed by atoms with Gasteiger partial charge < -0.3 is 9.97 Å². The van der Waals surface area contributed by atoms with Crippen molar-refractivity contribution in [1.82, 2.24) is 9.97 Å². The molecule has 0 saturated carbocycles. The molecule has 0 aliphatic rings. The summed E-state index contributed by atoms with van der Waals surface area (Å²) in [5.74, 6) is 0. The van der Waals surface area contributed by atoms with E-state index >= 15 is 0 Å². The Kier molecular flexibility index (Phi) is 3.99. The summed E-state index contributed by atoms with van der Waals surface area (Å²) in [6, 6.07) is 9.80. The molecule has 0 saturated heterocycles.